The van der Waals surface area contributed by atoms with Crippen LogP contribution in [-0.2, 0) is 16.1 Å². The molecule has 3 rings (SSSR count). The molecule has 27 heavy (non-hydrogen) atoms. The van der Waals surface area contributed by atoms with Crippen molar-refractivity contribution in [2.24, 2.45) is 0 Å². The predicted molar refractivity (Wildman–Crippen MR) is 112 cm³/mol. The van der Waals surface area contributed by atoms with Gasteiger partial charge < -0.3 is 10.1 Å². The van der Waals surface area contributed by atoms with E-state index in [2.05, 4.69) is 5.32 Å². The standard InChI is InChI=1S/C23H20ClNO2/c1-27-16-17-8-7-12-20(14-17)25-23(26)21(18-9-3-2-4-10-18)15-19-11-5-6-13-22(19)24/h2-15H,16H2,1H3,(H,25,26)/b21-15+. The summed E-state index contributed by atoms with van der Waals surface area (Å²) in [6.45, 7) is 0.491. The maximum Gasteiger partial charge on any atom is 0.256 e. The van der Waals surface area contributed by atoms with Crippen molar-refractivity contribution in [2.45, 2.75) is 6.61 Å². The summed E-state index contributed by atoms with van der Waals surface area (Å²) < 4.78 is 5.16. The lowest BCUT2D eigenvalue weighted by Crippen LogP contribution is -2.14. The topological polar surface area (TPSA) is 38.3 Å². The summed E-state index contributed by atoms with van der Waals surface area (Å²) in [5.41, 5.74) is 3.87. The minimum Gasteiger partial charge on any atom is -0.380 e. The number of hydrogen-bond acceptors (Lipinski definition) is 2. The zero-order valence-corrected chi connectivity index (χ0v) is 15.7. The molecule has 0 bridgehead atoms. The zero-order valence-electron chi connectivity index (χ0n) is 15.0. The number of halogens is 1. The Bertz CT molecular complexity index is 951. The molecule has 0 saturated carbocycles. The highest BCUT2D eigenvalue weighted by Crippen LogP contribution is 2.24. The van der Waals surface area contributed by atoms with Crippen LogP contribution in [-0.4, -0.2) is 13.0 Å². The third kappa shape index (κ3) is 5.07. The van der Waals surface area contributed by atoms with Gasteiger partial charge in [0, 0.05) is 23.4 Å². The van der Waals surface area contributed by atoms with Crippen LogP contribution in [0.1, 0.15) is 16.7 Å². The number of amides is 1. The van der Waals surface area contributed by atoms with Crippen molar-refractivity contribution in [3.8, 4) is 0 Å². The number of benzene rings is 3. The lowest BCUT2D eigenvalue weighted by Gasteiger charge is -2.11. The fourth-order valence-corrected chi connectivity index (χ4v) is 2.94. The lowest BCUT2D eigenvalue weighted by molar-refractivity contribution is -0.111. The van der Waals surface area contributed by atoms with E-state index in [-0.39, 0.29) is 5.91 Å². The van der Waals surface area contributed by atoms with Crippen molar-refractivity contribution in [2.75, 3.05) is 12.4 Å². The second kappa shape index (κ2) is 9.17. The smallest absolute Gasteiger partial charge is 0.256 e. The van der Waals surface area contributed by atoms with E-state index in [9.17, 15) is 4.79 Å². The molecule has 0 atom stereocenters. The molecule has 0 heterocycles. The molecule has 0 saturated heterocycles. The van der Waals surface area contributed by atoms with Crippen LogP contribution in [0.3, 0.4) is 0 Å². The zero-order chi connectivity index (χ0) is 19.1. The van der Waals surface area contributed by atoms with Crippen LogP contribution in [0.5, 0.6) is 0 Å². The van der Waals surface area contributed by atoms with Crippen molar-refractivity contribution in [3.63, 3.8) is 0 Å². The average Bonchev–Trinajstić information content (AvgIpc) is 2.68. The summed E-state index contributed by atoms with van der Waals surface area (Å²) >= 11 is 6.29. The van der Waals surface area contributed by atoms with E-state index in [4.69, 9.17) is 16.3 Å². The van der Waals surface area contributed by atoms with E-state index >= 15 is 0 Å². The van der Waals surface area contributed by atoms with Gasteiger partial charge in [-0.15, -0.1) is 0 Å². The van der Waals surface area contributed by atoms with Gasteiger partial charge in [0.15, 0.2) is 0 Å². The monoisotopic (exact) mass is 377 g/mol. The first-order valence-corrected chi connectivity index (χ1v) is 8.96. The molecule has 136 valence electrons. The number of anilines is 1. The van der Waals surface area contributed by atoms with Crippen molar-refractivity contribution in [3.05, 3.63) is 101 Å². The Morgan fingerprint density at radius 3 is 2.48 bits per heavy atom. The molecule has 1 amide bonds. The average molecular weight is 378 g/mol. The normalized spacial score (nSPS) is 11.3. The van der Waals surface area contributed by atoms with Crippen LogP contribution >= 0.6 is 11.6 Å². The molecule has 3 nitrogen and oxygen atoms in total. The highest BCUT2D eigenvalue weighted by atomic mass is 35.5. The van der Waals surface area contributed by atoms with Gasteiger partial charge in [-0.1, -0.05) is 72.3 Å². The van der Waals surface area contributed by atoms with Gasteiger partial charge in [0.1, 0.15) is 0 Å². The molecule has 4 heteroatoms. The molecule has 0 unspecified atom stereocenters. The van der Waals surface area contributed by atoms with Gasteiger partial charge in [-0.2, -0.15) is 0 Å². The molecule has 0 spiro atoms. The lowest BCUT2D eigenvalue weighted by atomic mass is 10.0. The first kappa shape index (κ1) is 18.9. The molecular weight excluding hydrogens is 358 g/mol. The van der Waals surface area contributed by atoms with Crippen molar-refractivity contribution >= 4 is 34.8 Å². The van der Waals surface area contributed by atoms with E-state index in [0.29, 0.717) is 17.2 Å². The predicted octanol–water partition coefficient (Wildman–Crippen LogP) is 5.67. The minimum atomic E-state index is -0.198. The molecule has 3 aromatic rings. The van der Waals surface area contributed by atoms with E-state index < -0.39 is 0 Å². The summed E-state index contributed by atoms with van der Waals surface area (Å²) in [5.74, 6) is -0.198. The number of carbonyl (C=O) groups is 1. The van der Waals surface area contributed by atoms with Crippen LogP contribution < -0.4 is 5.32 Å². The van der Waals surface area contributed by atoms with Crippen molar-refractivity contribution < 1.29 is 9.53 Å². The van der Waals surface area contributed by atoms with Gasteiger partial charge in [0.05, 0.1) is 6.61 Å². The summed E-state index contributed by atoms with van der Waals surface area (Å²) in [4.78, 5) is 13.0. The fraction of sp³-hybridized carbons (Fsp3) is 0.0870. The Hall–Kier alpha value is -2.88. The highest BCUT2D eigenvalue weighted by molar-refractivity contribution is 6.34. The minimum absolute atomic E-state index is 0.198. The van der Waals surface area contributed by atoms with Gasteiger partial charge in [-0.25, -0.2) is 0 Å². The van der Waals surface area contributed by atoms with E-state index in [1.54, 1.807) is 7.11 Å². The SMILES string of the molecule is COCc1cccc(NC(=O)/C(=C/c2ccccc2Cl)c2ccccc2)c1. The van der Waals surface area contributed by atoms with Crippen LogP contribution in [0.25, 0.3) is 11.6 Å². The second-order valence-corrected chi connectivity index (χ2v) is 6.44. The van der Waals surface area contributed by atoms with E-state index in [1.807, 2.05) is 84.9 Å². The molecule has 0 aliphatic carbocycles. The fourth-order valence-electron chi connectivity index (χ4n) is 2.75. The number of rotatable bonds is 6. The van der Waals surface area contributed by atoms with Crippen LogP contribution in [0.2, 0.25) is 5.02 Å². The largest absolute Gasteiger partial charge is 0.380 e. The van der Waals surface area contributed by atoms with Gasteiger partial charge in [-0.05, 0) is 41.0 Å². The van der Waals surface area contributed by atoms with E-state index in [0.717, 1.165) is 22.4 Å². The number of ether oxygens (including phenoxy) is 1. The molecule has 0 fully saturated rings. The molecule has 1 N–H and O–H groups in total. The Morgan fingerprint density at radius 1 is 1.00 bits per heavy atom. The third-order valence-corrected chi connectivity index (χ3v) is 4.37. The molecule has 0 aliphatic rings. The van der Waals surface area contributed by atoms with Crippen molar-refractivity contribution in [1.82, 2.24) is 0 Å². The summed E-state index contributed by atoms with van der Waals surface area (Å²) in [5, 5.41) is 3.57. The maximum atomic E-state index is 13.0. The Morgan fingerprint density at radius 2 is 1.74 bits per heavy atom. The van der Waals surface area contributed by atoms with Crippen LogP contribution in [0.4, 0.5) is 5.69 Å². The summed E-state index contributed by atoms with van der Waals surface area (Å²) in [6, 6.07) is 24.6. The molecule has 0 aliphatic heterocycles. The van der Waals surface area contributed by atoms with Crippen LogP contribution in [0, 0.1) is 0 Å². The third-order valence-electron chi connectivity index (χ3n) is 4.03. The maximum absolute atomic E-state index is 13.0. The molecule has 3 aromatic carbocycles. The number of methoxy groups -OCH3 is 1. The Balaban J connectivity index is 1.95. The number of hydrogen-bond donors (Lipinski definition) is 1. The first-order chi connectivity index (χ1) is 13.2. The van der Waals surface area contributed by atoms with Gasteiger partial charge in [-0.3, -0.25) is 4.79 Å². The second-order valence-electron chi connectivity index (χ2n) is 6.03. The quantitative estimate of drug-likeness (QED) is 0.444. The molecule has 0 aromatic heterocycles. The summed E-state index contributed by atoms with van der Waals surface area (Å²) in [7, 11) is 1.64. The van der Waals surface area contributed by atoms with Crippen molar-refractivity contribution in [1.29, 1.82) is 0 Å². The van der Waals surface area contributed by atoms with Gasteiger partial charge in [0.25, 0.3) is 5.91 Å². The Labute approximate surface area is 164 Å². The highest BCUT2D eigenvalue weighted by Gasteiger charge is 2.13. The van der Waals surface area contributed by atoms with Gasteiger partial charge >= 0.3 is 0 Å². The molecular formula is C23H20ClNO2. The van der Waals surface area contributed by atoms with E-state index in [1.165, 1.54) is 0 Å². The van der Waals surface area contributed by atoms with Gasteiger partial charge in [0.2, 0.25) is 0 Å². The van der Waals surface area contributed by atoms with Crippen LogP contribution in [0.15, 0.2) is 78.9 Å². The summed E-state index contributed by atoms with van der Waals surface area (Å²) in [6.07, 6.45) is 1.81. The number of carbonyl (C=O) groups excluding carboxylic acids is 1. The molecule has 0 radical (unpaired) electrons. The first-order valence-electron chi connectivity index (χ1n) is 8.58. The number of nitrogens with one attached hydrogen (secondary N) is 1. The Kier molecular flexibility index (Phi) is 6.42.